The van der Waals surface area contributed by atoms with Gasteiger partial charge in [0.1, 0.15) is 6.33 Å². The molecule has 0 saturated heterocycles. The summed E-state index contributed by atoms with van der Waals surface area (Å²) in [6, 6.07) is 8.20. The van der Waals surface area contributed by atoms with Gasteiger partial charge in [-0.25, -0.2) is 9.97 Å². The van der Waals surface area contributed by atoms with E-state index in [0.717, 1.165) is 28.0 Å². The lowest BCUT2D eigenvalue weighted by Crippen LogP contribution is -1.98. The van der Waals surface area contributed by atoms with Crippen LogP contribution in [-0.2, 0) is 6.54 Å². The second kappa shape index (κ2) is 5.85. The van der Waals surface area contributed by atoms with Crippen molar-refractivity contribution in [2.45, 2.75) is 16.6 Å². The largest absolute Gasteiger partial charge is 0.379 e. The van der Waals surface area contributed by atoms with Gasteiger partial charge < -0.3 is 5.32 Å². The third-order valence-electron chi connectivity index (χ3n) is 2.42. The molecule has 1 aromatic carbocycles. The zero-order valence-electron chi connectivity index (χ0n) is 9.91. The van der Waals surface area contributed by atoms with E-state index >= 15 is 0 Å². The average Bonchev–Trinajstić information content (AvgIpc) is 3.11. The number of nitrogens with one attached hydrogen (secondary N) is 2. The number of aromatic nitrogens is 4. The SMILES string of the molecule is c1n[nH]c(Sc2ccc(NCc3cscn3)cc2)n1. The molecule has 2 N–H and O–H groups in total. The van der Waals surface area contributed by atoms with Crippen LogP contribution in [0.2, 0.25) is 0 Å². The van der Waals surface area contributed by atoms with Crippen molar-refractivity contribution in [1.82, 2.24) is 20.2 Å². The van der Waals surface area contributed by atoms with Crippen LogP contribution in [0.5, 0.6) is 0 Å². The second-order valence-corrected chi connectivity index (χ2v) is 5.53. The first-order valence-corrected chi connectivity index (χ1v) is 7.40. The van der Waals surface area contributed by atoms with E-state index in [1.165, 1.54) is 6.33 Å². The Hall–Kier alpha value is -1.86. The van der Waals surface area contributed by atoms with Gasteiger partial charge in [-0.2, -0.15) is 5.10 Å². The summed E-state index contributed by atoms with van der Waals surface area (Å²) in [4.78, 5) is 9.43. The van der Waals surface area contributed by atoms with Crippen molar-refractivity contribution in [3.63, 3.8) is 0 Å². The van der Waals surface area contributed by atoms with E-state index in [4.69, 9.17) is 0 Å². The molecule has 0 saturated carbocycles. The molecule has 3 aromatic rings. The molecular weight excluding hydrogens is 278 g/mol. The molecule has 0 aliphatic rings. The van der Waals surface area contributed by atoms with Crippen LogP contribution in [-0.4, -0.2) is 20.2 Å². The van der Waals surface area contributed by atoms with Crippen LogP contribution in [0.3, 0.4) is 0 Å². The Balaban J connectivity index is 1.59. The Morgan fingerprint density at radius 1 is 1.21 bits per heavy atom. The Bertz CT molecular complexity index is 604. The quantitative estimate of drug-likeness (QED) is 0.755. The van der Waals surface area contributed by atoms with Crippen molar-refractivity contribution in [1.29, 1.82) is 0 Å². The lowest BCUT2D eigenvalue weighted by Gasteiger charge is -2.05. The van der Waals surface area contributed by atoms with Gasteiger partial charge in [0, 0.05) is 16.0 Å². The molecule has 96 valence electrons. The van der Waals surface area contributed by atoms with Crippen molar-refractivity contribution in [3.05, 3.63) is 47.2 Å². The fraction of sp³-hybridized carbons (Fsp3) is 0.0833. The van der Waals surface area contributed by atoms with Gasteiger partial charge in [-0.05, 0) is 24.3 Å². The highest BCUT2D eigenvalue weighted by Crippen LogP contribution is 2.25. The zero-order chi connectivity index (χ0) is 12.9. The number of nitrogens with zero attached hydrogens (tertiary/aromatic N) is 3. The van der Waals surface area contributed by atoms with Gasteiger partial charge in [0.25, 0.3) is 0 Å². The van der Waals surface area contributed by atoms with Crippen molar-refractivity contribution in [2.24, 2.45) is 0 Å². The van der Waals surface area contributed by atoms with Gasteiger partial charge in [-0.3, -0.25) is 5.10 Å². The van der Waals surface area contributed by atoms with Crippen LogP contribution in [0.15, 0.2) is 51.5 Å². The van der Waals surface area contributed by atoms with E-state index in [-0.39, 0.29) is 0 Å². The summed E-state index contributed by atoms with van der Waals surface area (Å²) >= 11 is 3.16. The maximum absolute atomic E-state index is 4.23. The van der Waals surface area contributed by atoms with E-state index in [1.54, 1.807) is 23.1 Å². The summed E-state index contributed by atoms with van der Waals surface area (Å²) in [6.45, 7) is 0.748. The Kier molecular flexibility index (Phi) is 3.75. The molecule has 3 rings (SSSR count). The topological polar surface area (TPSA) is 66.5 Å². The molecule has 19 heavy (non-hydrogen) atoms. The lowest BCUT2D eigenvalue weighted by molar-refractivity contribution is 0.973. The number of benzene rings is 1. The van der Waals surface area contributed by atoms with E-state index in [9.17, 15) is 0 Å². The van der Waals surface area contributed by atoms with Gasteiger partial charge in [0.05, 0.1) is 17.7 Å². The number of thiazole rings is 1. The van der Waals surface area contributed by atoms with Crippen molar-refractivity contribution in [3.8, 4) is 0 Å². The number of rotatable bonds is 5. The number of hydrogen-bond acceptors (Lipinski definition) is 6. The average molecular weight is 289 g/mol. The second-order valence-electron chi connectivity index (χ2n) is 3.75. The minimum Gasteiger partial charge on any atom is -0.379 e. The zero-order valence-corrected chi connectivity index (χ0v) is 11.5. The third-order valence-corrected chi connectivity index (χ3v) is 3.95. The first-order valence-electron chi connectivity index (χ1n) is 5.64. The predicted molar refractivity (Wildman–Crippen MR) is 76.4 cm³/mol. The molecule has 0 unspecified atom stereocenters. The number of H-pyrrole nitrogens is 1. The summed E-state index contributed by atoms with van der Waals surface area (Å²) in [5, 5.41) is 12.8. The minimum absolute atomic E-state index is 0.748. The molecule has 2 heterocycles. The standard InChI is InChI=1S/C12H11N5S2/c1-3-11(19-12-14-7-16-17-12)4-2-9(1)13-5-10-6-18-8-15-10/h1-4,6-8,13H,5H2,(H,14,16,17). The van der Waals surface area contributed by atoms with Crippen LogP contribution in [0, 0.1) is 0 Å². The lowest BCUT2D eigenvalue weighted by atomic mass is 10.3. The van der Waals surface area contributed by atoms with Crippen LogP contribution in [0.25, 0.3) is 0 Å². The summed E-state index contributed by atoms with van der Waals surface area (Å²) < 4.78 is 0. The highest BCUT2D eigenvalue weighted by molar-refractivity contribution is 7.99. The van der Waals surface area contributed by atoms with Gasteiger partial charge in [-0.1, -0.05) is 11.8 Å². The first-order chi connectivity index (χ1) is 9.40. The predicted octanol–water partition coefficient (Wildman–Crippen LogP) is 3.02. The monoisotopic (exact) mass is 289 g/mol. The van der Waals surface area contributed by atoms with Crippen molar-refractivity contribution < 1.29 is 0 Å². The molecule has 0 bridgehead atoms. The number of aromatic amines is 1. The summed E-state index contributed by atoms with van der Waals surface area (Å²) in [5.74, 6) is 0. The summed E-state index contributed by atoms with van der Waals surface area (Å²) in [6.07, 6.45) is 1.51. The normalized spacial score (nSPS) is 10.5. The van der Waals surface area contributed by atoms with Crippen molar-refractivity contribution >= 4 is 28.8 Å². The van der Waals surface area contributed by atoms with E-state index in [2.05, 4.69) is 37.6 Å². The fourth-order valence-corrected chi connectivity index (χ4v) is 2.77. The van der Waals surface area contributed by atoms with Crippen LogP contribution >= 0.6 is 23.1 Å². The first kappa shape index (κ1) is 12.2. The number of anilines is 1. The molecule has 0 aliphatic heterocycles. The molecule has 5 nitrogen and oxygen atoms in total. The van der Waals surface area contributed by atoms with Gasteiger partial charge in [0.15, 0.2) is 5.16 Å². The maximum atomic E-state index is 4.23. The van der Waals surface area contributed by atoms with Gasteiger partial charge in [0.2, 0.25) is 0 Å². The van der Waals surface area contributed by atoms with E-state index < -0.39 is 0 Å². The smallest absolute Gasteiger partial charge is 0.188 e. The van der Waals surface area contributed by atoms with Crippen molar-refractivity contribution in [2.75, 3.05) is 5.32 Å². The molecular formula is C12H11N5S2. The minimum atomic E-state index is 0.748. The Morgan fingerprint density at radius 2 is 2.11 bits per heavy atom. The summed E-state index contributed by atoms with van der Waals surface area (Å²) in [5.41, 5.74) is 3.98. The van der Waals surface area contributed by atoms with Gasteiger partial charge in [-0.15, -0.1) is 11.3 Å². The molecule has 0 atom stereocenters. The van der Waals surface area contributed by atoms with Gasteiger partial charge >= 0.3 is 0 Å². The third kappa shape index (κ3) is 3.33. The fourth-order valence-electron chi connectivity index (χ4n) is 1.51. The van der Waals surface area contributed by atoms with Crippen LogP contribution in [0.4, 0.5) is 5.69 Å². The molecule has 0 radical (unpaired) electrons. The molecule has 2 aromatic heterocycles. The Labute approximate surface area is 118 Å². The Morgan fingerprint density at radius 3 is 2.79 bits per heavy atom. The van der Waals surface area contributed by atoms with Crippen LogP contribution < -0.4 is 5.32 Å². The van der Waals surface area contributed by atoms with E-state index in [0.29, 0.717) is 0 Å². The molecule has 0 spiro atoms. The molecule has 0 amide bonds. The molecule has 0 fully saturated rings. The molecule has 0 aliphatic carbocycles. The summed E-state index contributed by atoms with van der Waals surface area (Å²) in [7, 11) is 0. The molecule has 7 heteroatoms. The maximum Gasteiger partial charge on any atom is 0.188 e. The number of hydrogen-bond donors (Lipinski definition) is 2. The van der Waals surface area contributed by atoms with E-state index in [1.807, 2.05) is 23.0 Å². The highest BCUT2D eigenvalue weighted by Gasteiger charge is 2.00. The van der Waals surface area contributed by atoms with Crippen LogP contribution in [0.1, 0.15) is 5.69 Å². The highest BCUT2D eigenvalue weighted by atomic mass is 32.2.